The van der Waals surface area contributed by atoms with Crippen molar-refractivity contribution < 1.29 is 4.74 Å². The highest BCUT2D eigenvalue weighted by Crippen LogP contribution is 2.33. The molecule has 2 unspecified atom stereocenters. The van der Waals surface area contributed by atoms with Gasteiger partial charge in [-0.05, 0) is 12.5 Å². The van der Waals surface area contributed by atoms with E-state index >= 15 is 0 Å². The van der Waals surface area contributed by atoms with Crippen LogP contribution in [0.2, 0.25) is 0 Å². The number of ether oxygens (including phenoxy) is 1. The second-order valence-corrected chi connectivity index (χ2v) is 4.61. The van der Waals surface area contributed by atoms with Gasteiger partial charge in [0.1, 0.15) is 12.0 Å². The first-order chi connectivity index (χ1) is 9.76. The summed E-state index contributed by atoms with van der Waals surface area (Å²) in [6, 6.07) is 2.12. The number of fused-ring (bicyclic) bond motifs is 1. The summed E-state index contributed by atoms with van der Waals surface area (Å²) in [7, 11) is 0. The monoisotopic (exact) mass is 270 g/mol. The Labute approximate surface area is 116 Å². The molecule has 0 spiro atoms. The van der Waals surface area contributed by atoms with Gasteiger partial charge in [0, 0.05) is 11.5 Å². The molecule has 0 bridgehead atoms. The second kappa shape index (κ2) is 5.19. The van der Waals surface area contributed by atoms with Crippen molar-refractivity contribution in [3.63, 3.8) is 0 Å². The van der Waals surface area contributed by atoms with Crippen LogP contribution >= 0.6 is 0 Å². The molecule has 0 aromatic carbocycles. The van der Waals surface area contributed by atoms with Crippen molar-refractivity contribution in [2.75, 3.05) is 17.2 Å². The molecule has 1 aromatic heterocycles. The number of nitrogens with two attached hydrogens (primary N) is 1. The van der Waals surface area contributed by atoms with Gasteiger partial charge in [0.05, 0.1) is 12.7 Å². The van der Waals surface area contributed by atoms with Gasteiger partial charge in [-0.15, -0.1) is 0 Å². The fourth-order valence-electron chi connectivity index (χ4n) is 2.11. The lowest BCUT2D eigenvalue weighted by Crippen LogP contribution is -2.32. The van der Waals surface area contributed by atoms with E-state index < -0.39 is 0 Å². The highest BCUT2D eigenvalue weighted by atomic mass is 16.5. The summed E-state index contributed by atoms with van der Waals surface area (Å²) in [4.78, 5) is 8.20. The molecule has 4 N–H and O–H groups in total. The summed E-state index contributed by atoms with van der Waals surface area (Å²) in [5.41, 5.74) is 7.11. The molecular weight excluding hydrogens is 256 g/mol. The molecule has 0 saturated heterocycles. The minimum absolute atomic E-state index is 0.237. The predicted octanol–water partition coefficient (Wildman–Crippen LogP) is 0.961. The van der Waals surface area contributed by atoms with Crippen LogP contribution in [0.25, 0.3) is 0 Å². The smallest absolute Gasteiger partial charge is 0.242 e. The number of aromatic nitrogens is 2. The Kier molecular flexibility index (Phi) is 3.23. The molecule has 0 saturated carbocycles. The van der Waals surface area contributed by atoms with Crippen LogP contribution in [0.1, 0.15) is 6.42 Å². The van der Waals surface area contributed by atoms with Crippen LogP contribution < -0.4 is 21.1 Å². The van der Waals surface area contributed by atoms with Crippen molar-refractivity contribution in [2.24, 2.45) is 11.7 Å². The maximum atomic E-state index is 8.77. The lowest BCUT2D eigenvalue weighted by atomic mass is 9.98. The summed E-state index contributed by atoms with van der Waals surface area (Å²) < 4.78 is 5.73. The average Bonchev–Trinajstić information content (AvgIpc) is 2.86. The molecule has 0 amide bonds. The van der Waals surface area contributed by atoms with Gasteiger partial charge in [-0.2, -0.15) is 10.2 Å². The molecule has 20 heavy (non-hydrogen) atoms. The highest BCUT2D eigenvalue weighted by molar-refractivity contribution is 5.74. The van der Waals surface area contributed by atoms with Crippen molar-refractivity contribution in [3.8, 4) is 11.9 Å². The average molecular weight is 270 g/mol. The van der Waals surface area contributed by atoms with Crippen molar-refractivity contribution >= 4 is 11.5 Å². The van der Waals surface area contributed by atoms with E-state index in [1.165, 1.54) is 6.33 Å². The quantitative estimate of drug-likeness (QED) is 0.750. The zero-order chi connectivity index (χ0) is 13.9. The van der Waals surface area contributed by atoms with Gasteiger partial charge < -0.3 is 15.4 Å². The van der Waals surface area contributed by atoms with E-state index in [1.807, 2.05) is 18.2 Å². The number of hydrogen-bond acceptors (Lipinski definition) is 7. The van der Waals surface area contributed by atoms with Gasteiger partial charge in [-0.25, -0.2) is 4.98 Å². The largest absolute Gasteiger partial charge is 0.475 e. The van der Waals surface area contributed by atoms with Crippen LogP contribution in [0.4, 0.5) is 11.5 Å². The van der Waals surface area contributed by atoms with Crippen LogP contribution in [0, 0.1) is 17.2 Å². The number of hydrogen-bond donors (Lipinski definition) is 3. The fourth-order valence-corrected chi connectivity index (χ4v) is 2.11. The molecular formula is C13H14N6O. The Bertz CT molecular complexity index is 618. The predicted molar refractivity (Wildman–Crippen MR) is 73.7 cm³/mol. The number of nitrogens with one attached hydrogen (secondary N) is 2. The first-order valence-electron chi connectivity index (χ1n) is 6.31. The van der Waals surface area contributed by atoms with Crippen molar-refractivity contribution in [3.05, 3.63) is 30.1 Å². The van der Waals surface area contributed by atoms with Crippen molar-refractivity contribution in [1.82, 2.24) is 9.97 Å². The molecule has 0 radical (unpaired) electrons. The number of nitrogens with zero attached hydrogens (tertiary/aromatic N) is 3. The van der Waals surface area contributed by atoms with Crippen LogP contribution in [0.3, 0.4) is 0 Å². The van der Waals surface area contributed by atoms with E-state index in [0.717, 1.165) is 6.42 Å². The molecule has 2 heterocycles. The third-order valence-electron chi connectivity index (χ3n) is 3.16. The summed E-state index contributed by atoms with van der Waals surface area (Å²) in [5.74, 6) is 1.37. The van der Waals surface area contributed by atoms with Crippen molar-refractivity contribution in [1.29, 1.82) is 5.26 Å². The second-order valence-electron chi connectivity index (χ2n) is 4.61. The zero-order valence-corrected chi connectivity index (χ0v) is 10.7. The maximum Gasteiger partial charge on any atom is 0.242 e. The molecule has 1 aromatic rings. The summed E-state index contributed by atoms with van der Waals surface area (Å²) in [6.07, 6.45) is 7.56. The number of nitriles is 1. The maximum absolute atomic E-state index is 8.77. The standard InChI is InChI=1S/C13H14N6O/c14-5-8-1-3-9(4-2-8)6-20-12-10-11(16-7-17-12)19-13(15)18-10/h1-3,7,9,13,18H,4,6,15H2,(H,16,17,19). The van der Waals surface area contributed by atoms with E-state index in [2.05, 4.69) is 26.7 Å². The fraction of sp³-hybridized carbons (Fsp3) is 0.308. The van der Waals surface area contributed by atoms with E-state index in [0.29, 0.717) is 29.6 Å². The van der Waals surface area contributed by atoms with Gasteiger partial charge in [0.15, 0.2) is 12.1 Å². The molecule has 3 rings (SSSR count). The highest BCUT2D eigenvalue weighted by Gasteiger charge is 2.23. The van der Waals surface area contributed by atoms with E-state index in [-0.39, 0.29) is 12.2 Å². The number of allylic oxidation sites excluding steroid dienone is 3. The normalized spacial score (nSPS) is 23.1. The minimum atomic E-state index is -0.375. The van der Waals surface area contributed by atoms with Gasteiger partial charge in [0.25, 0.3) is 0 Å². The van der Waals surface area contributed by atoms with Gasteiger partial charge in [-0.3, -0.25) is 5.73 Å². The lowest BCUT2D eigenvalue weighted by molar-refractivity contribution is 0.267. The molecule has 7 heteroatoms. The Hall–Kier alpha value is -2.59. The van der Waals surface area contributed by atoms with Gasteiger partial charge in [-0.1, -0.05) is 12.2 Å². The van der Waals surface area contributed by atoms with E-state index in [9.17, 15) is 0 Å². The third kappa shape index (κ3) is 2.41. The molecule has 1 aliphatic heterocycles. The number of anilines is 2. The van der Waals surface area contributed by atoms with Crippen LogP contribution in [-0.2, 0) is 0 Å². The van der Waals surface area contributed by atoms with E-state index in [4.69, 9.17) is 15.7 Å². The minimum Gasteiger partial charge on any atom is -0.475 e. The third-order valence-corrected chi connectivity index (χ3v) is 3.16. The topological polar surface area (TPSA) is 109 Å². The van der Waals surface area contributed by atoms with Crippen LogP contribution in [0.15, 0.2) is 30.1 Å². The summed E-state index contributed by atoms with van der Waals surface area (Å²) >= 11 is 0. The Morgan fingerprint density at radius 1 is 1.45 bits per heavy atom. The Balaban J connectivity index is 1.64. The Morgan fingerprint density at radius 3 is 3.10 bits per heavy atom. The van der Waals surface area contributed by atoms with Gasteiger partial charge >= 0.3 is 0 Å². The number of rotatable bonds is 3. The SMILES string of the molecule is N#CC1=CCC(COc2ncnc3c2NC(N)N3)C=C1. The molecule has 2 atom stereocenters. The van der Waals surface area contributed by atoms with Gasteiger partial charge in [0.2, 0.25) is 5.88 Å². The van der Waals surface area contributed by atoms with Crippen LogP contribution in [-0.4, -0.2) is 22.9 Å². The summed E-state index contributed by atoms with van der Waals surface area (Å²) in [5, 5.41) is 14.7. The lowest BCUT2D eigenvalue weighted by Gasteiger charge is -2.15. The molecule has 1 aliphatic carbocycles. The molecule has 0 fully saturated rings. The van der Waals surface area contributed by atoms with E-state index in [1.54, 1.807) is 0 Å². The molecule has 2 aliphatic rings. The van der Waals surface area contributed by atoms with Crippen LogP contribution in [0.5, 0.6) is 5.88 Å². The first-order valence-corrected chi connectivity index (χ1v) is 6.31. The molecule has 102 valence electrons. The summed E-state index contributed by atoms with van der Waals surface area (Å²) in [6.45, 7) is 0.492. The first kappa shape index (κ1) is 12.4. The molecule has 7 nitrogen and oxygen atoms in total. The van der Waals surface area contributed by atoms with Crippen molar-refractivity contribution in [2.45, 2.75) is 12.7 Å². The Morgan fingerprint density at radius 2 is 2.35 bits per heavy atom. The zero-order valence-electron chi connectivity index (χ0n) is 10.7.